The normalized spacial score (nSPS) is 12.1. The summed E-state index contributed by atoms with van der Waals surface area (Å²) < 4.78 is 15.9. The number of carbonyl (C=O) groups is 2. The summed E-state index contributed by atoms with van der Waals surface area (Å²) in [6, 6.07) is 15.7. The second-order valence-corrected chi connectivity index (χ2v) is 6.87. The number of nitrogens with one attached hydrogen (secondary N) is 2. The summed E-state index contributed by atoms with van der Waals surface area (Å²) in [5.74, 6) is 1.42. The van der Waals surface area contributed by atoms with Crippen LogP contribution in [0.25, 0.3) is 0 Å². The first-order chi connectivity index (χ1) is 14.6. The number of likely N-dealkylation sites (N-methyl/N-ethyl adjacent to an activating group) is 1. The van der Waals surface area contributed by atoms with E-state index in [4.69, 9.17) is 13.9 Å². The highest BCUT2D eigenvalue weighted by Gasteiger charge is 2.17. The molecule has 30 heavy (non-hydrogen) atoms. The molecule has 1 aliphatic heterocycles. The number of carbonyl (C=O) groups excluding carboxylic acids is 2. The van der Waals surface area contributed by atoms with Crippen LogP contribution in [0.3, 0.4) is 0 Å². The Morgan fingerprint density at radius 1 is 1.00 bits per heavy atom. The molecule has 1 aromatic heterocycles. The number of ether oxygens (including phenoxy) is 2. The Kier molecular flexibility index (Phi) is 5.67. The van der Waals surface area contributed by atoms with Crippen LogP contribution in [0.4, 0.5) is 11.4 Å². The monoisotopic (exact) mass is 407 g/mol. The van der Waals surface area contributed by atoms with Crippen molar-refractivity contribution < 1.29 is 23.5 Å². The Morgan fingerprint density at radius 3 is 2.67 bits per heavy atom. The number of benzene rings is 2. The van der Waals surface area contributed by atoms with Crippen molar-refractivity contribution in [1.29, 1.82) is 0 Å². The molecule has 2 amide bonds. The van der Waals surface area contributed by atoms with Gasteiger partial charge in [-0.1, -0.05) is 12.1 Å². The molecule has 0 radical (unpaired) electrons. The van der Waals surface area contributed by atoms with Crippen molar-refractivity contribution >= 4 is 23.2 Å². The molecule has 0 spiro atoms. The molecule has 0 aliphatic carbocycles. The second kappa shape index (κ2) is 8.71. The van der Waals surface area contributed by atoms with Crippen LogP contribution in [0.15, 0.2) is 65.3 Å². The molecule has 2 aromatic carbocycles. The van der Waals surface area contributed by atoms with E-state index >= 15 is 0 Å². The lowest BCUT2D eigenvalue weighted by Gasteiger charge is -2.16. The van der Waals surface area contributed by atoms with E-state index in [2.05, 4.69) is 10.6 Å². The first-order valence-electron chi connectivity index (χ1n) is 9.39. The molecule has 1 aliphatic rings. The Bertz CT molecular complexity index is 1050. The molecular weight excluding hydrogens is 386 g/mol. The van der Waals surface area contributed by atoms with Gasteiger partial charge in [0.25, 0.3) is 5.91 Å². The van der Waals surface area contributed by atoms with Crippen LogP contribution < -0.4 is 20.1 Å². The molecule has 0 bridgehead atoms. The summed E-state index contributed by atoms with van der Waals surface area (Å²) >= 11 is 0. The van der Waals surface area contributed by atoms with Crippen LogP contribution >= 0.6 is 0 Å². The summed E-state index contributed by atoms with van der Waals surface area (Å²) in [5, 5.41) is 5.64. The number of nitrogens with zero attached hydrogens (tertiary/aromatic N) is 1. The van der Waals surface area contributed by atoms with Gasteiger partial charge in [-0.05, 0) is 43.4 Å². The van der Waals surface area contributed by atoms with E-state index in [0.717, 1.165) is 5.76 Å². The maximum atomic E-state index is 12.8. The van der Waals surface area contributed by atoms with Gasteiger partial charge < -0.3 is 24.5 Å². The predicted molar refractivity (Wildman–Crippen MR) is 111 cm³/mol. The van der Waals surface area contributed by atoms with Gasteiger partial charge >= 0.3 is 0 Å². The minimum Gasteiger partial charge on any atom is -0.468 e. The number of furan rings is 1. The largest absolute Gasteiger partial charge is 0.468 e. The molecule has 0 saturated heterocycles. The predicted octanol–water partition coefficient (Wildman–Crippen LogP) is 3.33. The maximum absolute atomic E-state index is 12.8. The fraction of sp³-hybridized carbons (Fsp3) is 0.182. The third-order valence-electron chi connectivity index (χ3n) is 4.50. The highest BCUT2D eigenvalue weighted by atomic mass is 16.7. The minimum absolute atomic E-state index is 0.152. The molecule has 2 heterocycles. The zero-order chi connectivity index (χ0) is 20.9. The highest BCUT2D eigenvalue weighted by molar-refractivity contribution is 6.10. The number of rotatable bonds is 7. The fourth-order valence-electron chi connectivity index (χ4n) is 3.12. The number of amides is 2. The molecule has 8 heteroatoms. The van der Waals surface area contributed by atoms with E-state index in [1.54, 1.807) is 54.8 Å². The van der Waals surface area contributed by atoms with Gasteiger partial charge in [0.15, 0.2) is 11.5 Å². The van der Waals surface area contributed by atoms with Crippen molar-refractivity contribution in [3.8, 4) is 11.5 Å². The summed E-state index contributed by atoms with van der Waals surface area (Å²) in [7, 11) is 1.82. The van der Waals surface area contributed by atoms with E-state index in [9.17, 15) is 9.59 Å². The quantitative estimate of drug-likeness (QED) is 0.624. The molecule has 3 aromatic rings. The van der Waals surface area contributed by atoms with Gasteiger partial charge in [0.1, 0.15) is 5.76 Å². The third-order valence-corrected chi connectivity index (χ3v) is 4.50. The standard InChI is InChI=1S/C22H21N3O5/c1-25(12-16-5-4-10-28-16)13-21(26)24-18-7-3-2-6-17(18)22(27)23-15-8-9-19-20(11-15)30-14-29-19/h2-11H,12-14H2,1H3,(H,23,27)(H,24,26). The van der Waals surface area contributed by atoms with Crippen LogP contribution in [0.2, 0.25) is 0 Å². The van der Waals surface area contributed by atoms with Crippen LogP contribution in [-0.4, -0.2) is 37.1 Å². The first-order valence-corrected chi connectivity index (χ1v) is 9.39. The van der Waals surface area contributed by atoms with Crippen LogP contribution in [-0.2, 0) is 11.3 Å². The molecule has 8 nitrogen and oxygen atoms in total. The number of hydrogen-bond donors (Lipinski definition) is 2. The van der Waals surface area contributed by atoms with E-state index in [0.29, 0.717) is 35.0 Å². The highest BCUT2D eigenvalue weighted by Crippen LogP contribution is 2.34. The van der Waals surface area contributed by atoms with Gasteiger partial charge in [-0.2, -0.15) is 0 Å². The smallest absolute Gasteiger partial charge is 0.257 e. The molecule has 4 rings (SSSR count). The molecular formula is C22H21N3O5. The molecule has 0 atom stereocenters. The summed E-state index contributed by atoms with van der Waals surface area (Å²) in [5.41, 5.74) is 1.37. The number of fused-ring (bicyclic) bond motifs is 1. The zero-order valence-corrected chi connectivity index (χ0v) is 16.4. The minimum atomic E-state index is -0.339. The van der Waals surface area contributed by atoms with Gasteiger partial charge in [-0.3, -0.25) is 14.5 Å². The molecule has 154 valence electrons. The summed E-state index contributed by atoms with van der Waals surface area (Å²) in [4.78, 5) is 27.1. The van der Waals surface area contributed by atoms with Crippen LogP contribution in [0.1, 0.15) is 16.1 Å². The van der Waals surface area contributed by atoms with Crippen molar-refractivity contribution in [2.45, 2.75) is 6.54 Å². The number of hydrogen-bond acceptors (Lipinski definition) is 6. The summed E-state index contributed by atoms with van der Waals surface area (Å²) in [6.07, 6.45) is 1.60. The maximum Gasteiger partial charge on any atom is 0.257 e. The average molecular weight is 407 g/mol. The van der Waals surface area contributed by atoms with Crippen molar-refractivity contribution in [3.63, 3.8) is 0 Å². The van der Waals surface area contributed by atoms with E-state index in [1.807, 2.05) is 18.0 Å². The zero-order valence-electron chi connectivity index (χ0n) is 16.4. The van der Waals surface area contributed by atoms with Crippen LogP contribution in [0, 0.1) is 0 Å². The SMILES string of the molecule is CN(CC(=O)Nc1ccccc1C(=O)Nc1ccc2c(c1)OCO2)Cc1ccco1. The summed E-state index contributed by atoms with van der Waals surface area (Å²) in [6.45, 7) is 0.821. The lowest BCUT2D eigenvalue weighted by atomic mass is 10.1. The Labute approximate surface area is 173 Å². The van der Waals surface area contributed by atoms with Gasteiger partial charge in [0, 0.05) is 11.8 Å². The first kappa shape index (κ1) is 19.5. The van der Waals surface area contributed by atoms with E-state index in [-0.39, 0.29) is 25.2 Å². The van der Waals surface area contributed by atoms with E-state index in [1.165, 1.54) is 0 Å². The molecule has 0 saturated carbocycles. The van der Waals surface area contributed by atoms with E-state index < -0.39 is 0 Å². The van der Waals surface area contributed by atoms with Crippen molar-refractivity contribution in [3.05, 3.63) is 72.2 Å². The Balaban J connectivity index is 1.40. The molecule has 0 unspecified atom stereocenters. The Morgan fingerprint density at radius 2 is 1.83 bits per heavy atom. The Hall–Kier alpha value is -3.78. The number of anilines is 2. The van der Waals surface area contributed by atoms with Crippen molar-refractivity contribution in [2.24, 2.45) is 0 Å². The third kappa shape index (κ3) is 4.61. The lowest BCUT2D eigenvalue weighted by molar-refractivity contribution is -0.117. The van der Waals surface area contributed by atoms with Crippen molar-refractivity contribution in [1.82, 2.24) is 4.90 Å². The van der Waals surface area contributed by atoms with Gasteiger partial charge in [-0.15, -0.1) is 0 Å². The van der Waals surface area contributed by atoms with Crippen molar-refractivity contribution in [2.75, 3.05) is 31.0 Å². The fourth-order valence-corrected chi connectivity index (χ4v) is 3.12. The second-order valence-electron chi connectivity index (χ2n) is 6.87. The van der Waals surface area contributed by atoms with Crippen LogP contribution in [0.5, 0.6) is 11.5 Å². The van der Waals surface area contributed by atoms with Gasteiger partial charge in [-0.25, -0.2) is 0 Å². The topological polar surface area (TPSA) is 93.0 Å². The molecule has 0 fully saturated rings. The lowest BCUT2D eigenvalue weighted by Crippen LogP contribution is -2.30. The average Bonchev–Trinajstić information content (AvgIpc) is 3.39. The van der Waals surface area contributed by atoms with Gasteiger partial charge in [0.05, 0.1) is 30.6 Å². The van der Waals surface area contributed by atoms with Gasteiger partial charge in [0.2, 0.25) is 12.7 Å². The molecule has 2 N–H and O–H groups in total. The number of para-hydroxylation sites is 1.